The van der Waals surface area contributed by atoms with E-state index in [4.69, 9.17) is 0 Å². The van der Waals surface area contributed by atoms with Gasteiger partial charge in [-0.1, -0.05) is 6.07 Å². The van der Waals surface area contributed by atoms with E-state index in [2.05, 4.69) is 36.4 Å². The Hall–Kier alpha value is -2.48. The molecule has 3 heterocycles. The molecule has 1 amide bonds. The normalized spacial score (nSPS) is 10.8. The second kappa shape index (κ2) is 6.56. The second-order valence-electron chi connectivity index (χ2n) is 5.54. The van der Waals surface area contributed by atoms with Crippen molar-refractivity contribution >= 4 is 27.7 Å². The van der Waals surface area contributed by atoms with Gasteiger partial charge < -0.3 is 5.32 Å². The molecule has 8 heteroatoms. The smallest absolute Gasteiger partial charge is 0.277 e. The zero-order valence-electron chi connectivity index (χ0n) is 13.6. The zero-order chi connectivity index (χ0) is 17.3. The number of aromatic nitrogens is 5. The van der Waals surface area contributed by atoms with Crippen molar-refractivity contribution in [1.82, 2.24) is 24.5 Å². The fraction of sp³-hybridized carbons (Fsp3) is 0.250. The number of hydrogen-bond acceptors (Lipinski definition) is 4. The van der Waals surface area contributed by atoms with Crippen molar-refractivity contribution in [3.05, 3.63) is 57.7 Å². The summed E-state index contributed by atoms with van der Waals surface area (Å²) >= 11 is 3.50. The van der Waals surface area contributed by atoms with Crippen molar-refractivity contribution in [1.29, 1.82) is 0 Å². The van der Waals surface area contributed by atoms with Gasteiger partial charge in [0.2, 0.25) is 0 Å². The van der Waals surface area contributed by atoms with Gasteiger partial charge in [0, 0.05) is 12.4 Å². The number of nitrogens with one attached hydrogen (secondary N) is 1. The first-order chi connectivity index (χ1) is 11.4. The maximum absolute atomic E-state index is 12.2. The molecule has 0 aromatic carbocycles. The fourth-order valence-electron chi connectivity index (χ4n) is 2.23. The molecule has 3 rings (SSSR count). The molecule has 7 nitrogen and oxygen atoms in total. The lowest BCUT2D eigenvalue weighted by Crippen LogP contribution is -2.16. The van der Waals surface area contributed by atoms with Crippen LogP contribution < -0.4 is 5.32 Å². The molecule has 0 aliphatic heterocycles. The first-order valence-electron chi connectivity index (χ1n) is 7.41. The van der Waals surface area contributed by atoms with Gasteiger partial charge in [0.25, 0.3) is 5.91 Å². The van der Waals surface area contributed by atoms with Gasteiger partial charge in [-0.05, 0) is 54.4 Å². The van der Waals surface area contributed by atoms with Crippen molar-refractivity contribution in [2.75, 3.05) is 5.32 Å². The lowest BCUT2D eigenvalue weighted by molar-refractivity contribution is 0.102. The minimum absolute atomic E-state index is 0.292. The Kier molecular flexibility index (Phi) is 4.48. The predicted octanol–water partition coefficient (Wildman–Crippen LogP) is 2.92. The first-order valence-corrected chi connectivity index (χ1v) is 8.20. The Morgan fingerprint density at radius 3 is 2.62 bits per heavy atom. The number of carbonyl (C=O) groups is 1. The molecular weight excluding hydrogens is 372 g/mol. The van der Waals surface area contributed by atoms with Crippen LogP contribution in [0.25, 0.3) is 0 Å². The summed E-state index contributed by atoms with van der Waals surface area (Å²) in [6.45, 7) is 6.29. The van der Waals surface area contributed by atoms with Gasteiger partial charge in [-0.25, -0.2) is 9.67 Å². The molecule has 0 saturated heterocycles. The molecule has 0 saturated carbocycles. The number of nitrogens with zero attached hydrogens (tertiary/aromatic N) is 5. The molecule has 0 unspecified atom stereocenters. The molecule has 3 aromatic rings. The summed E-state index contributed by atoms with van der Waals surface area (Å²) in [6.07, 6.45) is 3.46. The predicted molar refractivity (Wildman–Crippen MR) is 94.0 cm³/mol. The van der Waals surface area contributed by atoms with Crippen LogP contribution in [-0.2, 0) is 6.67 Å². The summed E-state index contributed by atoms with van der Waals surface area (Å²) < 4.78 is 4.48. The van der Waals surface area contributed by atoms with Crippen molar-refractivity contribution in [3.63, 3.8) is 0 Å². The maximum atomic E-state index is 12.2. The number of rotatable bonds is 4. The van der Waals surface area contributed by atoms with Crippen LogP contribution in [0.5, 0.6) is 0 Å². The van der Waals surface area contributed by atoms with Crippen LogP contribution in [0.15, 0.2) is 35.1 Å². The Balaban J connectivity index is 1.71. The second-order valence-corrected chi connectivity index (χ2v) is 6.33. The fourth-order valence-corrected chi connectivity index (χ4v) is 2.52. The van der Waals surface area contributed by atoms with Gasteiger partial charge in [-0.2, -0.15) is 10.2 Å². The Morgan fingerprint density at radius 1 is 1.21 bits per heavy atom. The van der Waals surface area contributed by atoms with E-state index in [1.54, 1.807) is 29.2 Å². The summed E-state index contributed by atoms with van der Waals surface area (Å²) in [6, 6.07) is 5.32. The quantitative estimate of drug-likeness (QED) is 0.745. The highest BCUT2D eigenvalue weighted by Gasteiger charge is 2.12. The van der Waals surface area contributed by atoms with E-state index in [9.17, 15) is 4.79 Å². The summed E-state index contributed by atoms with van der Waals surface area (Å²) in [5, 5.41) is 11.5. The SMILES string of the molecule is Cc1ccc(NC(=O)c2ccn(Cn3nc(C)c(Br)c3C)n2)nc1. The van der Waals surface area contributed by atoms with Crippen molar-refractivity contribution in [2.24, 2.45) is 0 Å². The molecule has 0 radical (unpaired) electrons. The molecule has 1 N–H and O–H groups in total. The van der Waals surface area contributed by atoms with Crippen LogP contribution in [0, 0.1) is 20.8 Å². The van der Waals surface area contributed by atoms with E-state index >= 15 is 0 Å². The van der Waals surface area contributed by atoms with E-state index in [1.807, 2.05) is 31.5 Å². The number of aryl methyl sites for hydroxylation is 2. The third kappa shape index (κ3) is 3.38. The topological polar surface area (TPSA) is 77.6 Å². The monoisotopic (exact) mass is 388 g/mol. The minimum atomic E-state index is -0.292. The average Bonchev–Trinajstić information content (AvgIpc) is 3.11. The van der Waals surface area contributed by atoms with Crippen LogP contribution in [0.4, 0.5) is 5.82 Å². The number of pyridine rings is 1. The van der Waals surface area contributed by atoms with Crippen LogP contribution in [0.2, 0.25) is 0 Å². The van der Waals surface area contributed by atoms with E-state index < -0.39 is 0 Å². The summed E-state index contributed by atoms with van der Waals surface area (Å²) in [5.41, 5.74) is 3.30. The largest absolute Gasteiger partial charge is 0.305 e. The van der Waals surface area contributed by atoms with E-state index in [1.165, 1.54) is 0 Å². The Morgan fingerprint density at radius 2 is 2.00 bits per heavy atom. The van der Waals surface area contributed by atoms with Crippen LogP contribution in [0.1, 0.15) is 27.4 Å². The molecule has 0 fully saturated rings. The molecule has 0 aliphatic rings. The highest BCUT2D eigenvalue weighted by Crippen LogP contribution is 2.19. The van der Waals surface area contributed by atoms with Gasteiger partial charge in [0.15, 0.2) is 5.69 Å². The molecular formula is C16H17BrN6O. The van der Waals surface area contributed by atoms with Crippen molar-refractivity contribution in [2.45, 2.75) is 27.4 Å². The van der Waals surface area contributed by atoms with Crippen LogP contribution >= 0.6 is 15.9 Å². The molecule has 124 valence electrons. The lowest BCUT2D eigenvalue weighted by Gasteiger charge is -2.05. The summed E-state index contributed by atoms with van der Waals surface area (Å²) in [7, 11) is 0. The first kappa shape index (κ1) is 16.4. The molecule has 0 aliphatic carbocycles. The highest BCUT2D eigenvalue weighted by molar-refractivity contribution is 9.10. The zero-order valence-corrected chi connectivity index (χ0v) is 15.2. The maximum Gasteiger partial charge on any atom is 0.277 e. The molecule has 0 atom stereocenters. The molecule has 0 spiro atoms. The summed E-state index contributed by atoms with van der Waals surface area (Å²) in [5.74, 6) is 0.210. The van der Waals surface area contributed by atoms with Gasteiger partial charge in [-0.15, -0.1) is 0 Å². The van der Waals surface area contributed by atoms with Crippen LogP contribution in [-0.4, -0.2) is 30.5 Å². The van der Waals surface area contributed by atoms with Gasteiger partial charge >= 0.3 is 0 Å². The number of hydrogen-bond donors (Lipinski definition) is 1. The number of carbonyl (C=O) groups excluding carboxylic acids is 1. The molecule has 24 heavy (non-hydrogen) atoms. The average molecular weight is 389 g/mol. The van der Waals surface area contributed by atoms with Crippen molar-refractivity contribution in [3.8, 4) is 0 Å². The Labute approximate surface area is 147 Å². The van der Waals surface area contributed by atoms with E-state index in [0.29, 0.717) is 18.2 Å². The Bertz CT molecular complexity index is 881. The number of halogens is 1. The van der Waals surface area contributed by atoms with Gasteiger partial charge in [0.05, 0.1) is 15.9 Å². The number of anilines is 1. The van der Waals surface area contributed by atoms with Gasteiger partial charge in [-0.3, -0.25) is 9.48 Å². The molecule has 0 bridgehead atoms. The highest BCUT2D eigenvalue weighted by atomic mass is 79.9. The minimum Gasteiger partial charge on any atom is -0.305 e. The third-order valence-electron chi connectivity index (χ3n) is 3.60. The van der Waals surface area contributed by atoms with E-state index in [-0.39, 0.29) is 5.91 Å². The number of amides is 1. The standard InChI is InChI=1S/C16H17BrN6O/c1-10-4-5-14(18-8-10)19-16(24)13-6-7-22(21-13)9-23-12(3)15(17)11(2)20-23/h4-8H,9H2,1-3H3,(H,18,19,24). The summed E-state index contributed by atoms with van der Waals surface area (Å²) in [4.78, 5) is 16.4. The van der Waals surface area contributed by atoms with Crippen molar-refractivity contribution < 1.29 is 4.79 Å². The molecule has 3 aromatic heterocycles. The van der Waals surface area contributed by atoms with E-state index in [0.717, 1.165) is 21.4 Å². The lowest BCUT2D eigenvalue weighted by atomic mass is 10.3. The van der Waals surface area contributed by atoms with Crippen LogP contribution in [0.3, 0.4) is 0 Å². The third-order valence-corrected chi connectivity index (χ3v) is 4.75. The van der Waals surface area contributed by atoms with Gasteiger partial charge in [0.1, 0.15) is 12.5 Å².